The van der Waals surface area contributed by atoms with Gasteiger partial charge in [0.05, 0.1) is 46.6 Å². The zero-order valence-corrected chi connectivity index (χ0v) is 43.4. The molecule has 1 saturated heterocycles. The Labute approximate surface area is 430 Å². The average Bonchev–Trinajstić information content (AvgIpc) is 4.19. The Hall–Kier alpha value is -6.60. The van der Waals surface area contributed by atoms with E-state index in [0.29, 0.717) is 29.6 Å². The highest BCUT2D eigenvalue weighted by atomic mass is 35.5. The molecule has 2 aromatic carbocycles. The quantitative estimate of drug-likeness (QED) is 0.0949. The van der Waals surface area contributed by atoms with Crippen LogP contribution in [-0.4, -0.2) is 98.8 Å². The molecule has 5 atom stereocenters. The summed E-state index contributed by atoms with van der Waals surface area (Å²) >= 11 is 9.54. The van der Waals surface area contributed by atoms with Gasteiger partial charge in [-0.1, -0.05) is 61.8 Å². The second-order valence-corrected chi connectivity index (χ2v) is 21.9. The van der Waals surface area contributed by atoms with Crippen LogP contribution in [0.2, 0.25) is 5.02 Å². The molecule has 0 spiro atoms. The number of benzene rings is 2. The van der Waals surface area contributed by atoms with E-state index in [0.717, 1.165) is 66.1 Å². The number of likely N-dealkylation sites (tertiary alicyclic amines) is 1. The minimum Gasteiger partial charge on any atom is -0.474 e. The van der Waals surface area contributed by atoms with Crippen LogP contribution in [0.15, 0.2) is 89.8 Å². The number of halogens is 1. The van der Waals surface area contributed by atoms with Gasteiger partial charge in [0.2, 0.25) is 23.6 Å². The van der Waals surface area contributed by atoms with Crippen molar-refractivity contribution in [1.29, 1.82) is 0 Å². The smallest absolute Gasteiger partial charge is 0.248 e. The van der Waals surface area contributed by atoms with Crippen LogP contribution in [0.4, 0.5) is 0 Å². The molecule has 372 valence electrons. The van der Waals surface area contributed by atoms with Crippen molar-refractivity contribution in [3.05, 3.63) is 134 Å². The monoisotopic (exact) mass is 1030 g/mol. The number of nitrogens with one attached hydrogen (secondary N) is 2. The Bertz CT molecular complexity index is 3190. The minimum atomic E-state index is -0.842. The third kappa shape index (κ3) is 9.72. The number of β-amino-alcohol motifs (C(OH)–C–C–N with tert-alkyl or cyclic N) is 1. The van der Waals surface area contributed by atoms with Gasteiger partial charge < -0.3 is 25.4 Å². The van der Waals surface area contributed by atoms with Crippen LogP contribution in [0.3, 0.4) is 0 Å². The second-order valence-electron chi connectivity index (χ2n) is 19.4. The third-order valence-corrected chi connectivity index (χ3v) is 16.4. The van der Waals surface area contributed by atoms with Crippen molar-refractivity contribution in [1.82, 2.24) is 50.0 Å². The first-order valence-electron chi connectivity index (χ1n) is 24.2. The average molecular weight is 1030 g/mol. The predicted molar refractivity (Wildman–Crippen MR) is 278 cm³/mol. The second kappa shape index (κ2) is 20.1. The van der Waals surface area contributed by atoms with Crippen molar-refractivity contribution in [2.75, 3.05) is 6.54 Å². The normalized spacial score (nSPS) is 20.2. The van der Waals surface area contributed by atoms with E-state index >= 15 is 0 Å². The fourth-order valence-electron chi connectivity index (χ4n) is 9.91. The van der Waals surface area contributed by atoms with Crippen LogP contribution in [0.5, 0.6) is 5.88 Å². The number of hydrogen-bond donors (Lipinski definition) is 3. The van der Waals surface area contributed by atoms with E-state index in [1.807, 2.05) is 112 Å². The number of carbonyl (C=O) groups excluding carboxylic acids is 3. The Morgan fingerprint density at radius 2 is 1.67 bits per heavy atom. The Kier molecular flexibility index (Phi) is 13.7. The predicted octanol–water partition coefficient (Wildman–Crippen LogP) is 8.64. The van der Waals surface area contributed by atoms with Crippen molar-refractivity contribution < 1.29 is 24.2 Å². The zero-order valence-electron chi connectivity index (χ0n) is 41.0. The highest BCUT2D eigenvalue weighted by molar-refractivity contribution is 7.15. The number of nitrogens with zero attached hydrogens (tertiary/aromatic N) is 9. The van der Waals surface area contributed by atoms with E-state index in [1.165, 1.54) is 9.78 Å². The lowest BCUT2D eigenvalue weighted by atomic mass is 9.89. The number of thiazole rings is 1. The standard InChI is InChI=1S/C53H56ClN11O5S2/c1-27(2)48(52(69)63-25-40(66)21-43(63)51(68)58-29(4)33-8-10-35(11-9-33)49-30(5)56-26-71-49)64-24-37(23-57-64)36-16-17-55-45(18-36)70-41-19-39(20-41)59-44(67)22-42-50-62-61-32(7)65(50)53-46(28(3)31(6)72-53)47(60-42)34-12-14-38(54)15-13-34/h8-18,23-24,26-27,29,39-43,48,66H,19-22,25H2,1-7H3,(H,58,68)(H,59,67)/t29-,39?,40+,41?,42-,43-,48-/m0/s1. The van der Waals surface area contributed by atoms with Crippen LogP contribution in [-0.2, 0) is 14.4 Å². The summed E-state index contributed by atoms with van der Waals surface area (Å²) in [6.45, 7) is 13.9. The van der Waals surface area contributed by atoms with E-state index < -0.39 is 24.2 Å². The summed E-state index contributed by atoms with van der Waals surface area (Å²) < 4.78 is 10.00. The Balaban J connectivity index is 0.762. The van der Waals surface area contributed by atoms with Crippen LogP contribution >= 0.6 is 34.3 Å². The number of aliphatic hydroxyl groups excluding tert-OH is 1. The van der Waals surface area contributed by atoms with Gasteiger partial charge in [-0.15, -0.1) is 32.9 Å². The minimum absolute atomic E-state index is 0.0447. The van der Waals surface area contributed by atoms with Crippen molar-refractivity contribution in [3.63, 3.8) is 0 Å². The van der Waals surface area contributed by atoms with Gasteiger partial charge in [-0.3, -0.25) is 28.6 Å². The molecule has 3 amide bonds. The van der Waals surface area contributed by atoms with Crippen LogP contribution < -0.4 is 15.4 Å². The molecule has 16 nitrogen and oxygen atoms in total. The summed E-state index contributed by atoms with van der Waals surface area (Å²) in [4.78, 5) is 59.9. The maximum absolute atomic E-state index is 14.4. The highest BCUT2D eigenvalue weighted by Gasteiger charge is 2.43. The van der Waals surface area contributed by atoms with Gasteiger partial charge in [0, 0.05) is 76.9 Å². The number of amides is 3. The molecule has 0 unspecified atom stereocenters. The van der Waals surface area contributed by atoms with E-state index in [1.54, 1.807) is 39.7 Å². The molecule has 0 radical (unpaired) electrons. The number of fused-ring (bicyclic) bond motifs is 3. The van der Waals surface area contributed by atoms with E-state index in [2.05, 4.69) is 49.7 Å². The zero-order chi connectivity index (χ0) is 50.5. The number of ether oxygens (including phenoxy) is 1. The summed E-state index contributed by atoms with van der Waals surface area (Å²) in [7, 11) is 0. The SMILES string of the molecule is Cc1ncsc1-c1ccc([C@H](C)NC(=O)[C@@H]2C[C@@H](O)CN2C(=O)[C@H](C(C)C)n2cc(-c3ccnc(OC4CC(NC(=O)C[C@@H]5N=C(c6ccc(Cl)cc6)c6c(sc(C)c6C)-n6c(C)nnc65)C4)c3)cn2)cc1. The number of pyridine rings is 1. The highest BCUT2D eigenvalue weighted by Crippen LogP contribution is 2.40. The topological polar surface area (TPSA) is 195 Å². The summed E-state index contributed by atoms with van der Waals surface area (Å²) in [6, 6.07) is 16.8. The Morgan fingerprint density at radius 3 is 2.39 bits per heavy atom. The van der Waals surface area contributed by atoms with Gasteiger partial charge in [0.25, 0.3) is 0 Å². The lowest BCUT2D eigenvalue weighted by Gasteiger charge is -2.35. The summed E-state index contributed by atoms with van der Waals surface area (Å²) in [5.74, 6) is 0.851. The lowest BCUT2D eigenvalue weighted by molar-refractivity contribution is -0.142. The molecule has 2 aliphatic heterocycles. The largest absolute Gasteiger partial charge is 0.474 e. The number of thiophene rings is 1. The van der Waals surface area contributed by atoms with Gasteiger partial charge in [-0.05, 0) is 81.0 Å². The van der Waals surface area contributed by atoms with Gasteiger partial charge in [0.1, 0.15) is 35.1 Å². The third-order valence-electron chi connectivity index (χ3n) is 14.0. The maximum atomic E-state index is 14.4. The molecule has 7 heterocycles. The van der Waals surface area contributed by atoms with Crippen molar-refractivity contribution in [2.45, 2.75) is 117 Å². The van der Waals surface area contributed by atoms with Crippen molar-refractivity contribution in [2.24, 2.45) is 10.9 Å². The number of aromatic nitrogens is 7. The number of aryl methyl sites for hydroxylation is 3. The van der Waals surface area contributed by atoms with Crippen LogP contribution in [0.1, 0.15) is 109 Å². The van der Waals surface area contributed by atoms with Gasteiger partial charge in [0.15, 0.2) is 5.82 Å². The van der Waals surface area contributed by atoms with Gasteiger partial charge >= 0.3 is 0 Å². The first-order chi connectivity index (χ1) is 34.6. The molecule has 19 heteroatoms. The van der Waals surface area contributed by atoms with Gasteiger partial charge in [-0.2, -0.15) is 5.10 Å². The van der Waals surface area contributed by atoms with Crippen molar-refractivity contribution >= 4 is 57.7 Å². The van der Waals surface area contributed by atoms with E-state index in [9.17, 15) is 19.5 Å². The molecule has 10 rings (SSSR count). The van der Waals surface area contributed by atoms with E-state index in [-0.39, 0.29) is 61.2 Å². The molecule has 72 heavy (non-hydrogen) atoms. The molecular formula is C53H56ClN11O5S2. The van der Waals surface area contributed by atoms with Gasteiger partial charge in [-0.25, -0.2) is 9.97 Å². The van der Waals surface area contributed by atoms with E-state index in [4.69, 9.17) is 21.3 Å². The fourth-order valence-corrected chi connectivity index (χ4v) is 12.1. The Morgan fingerprint density at radius 1 is 0.917 bits per heavy atom. The summed E-state index contributed by atoms with van der Waals surface area (Å²) in [6.07, 6.45) is 5.63. The number of hydrogen-bond acceptors (Lipinski definition) is 13. The maximum Gasteiger partial charge on any atom is 0.248 e. The molecule has 5 aromatic heterocycles. The molecule has 3 aliphatic rings. The molecule has 3 N–H and O–H groups in total. The van der Waals surface area contributed by atoms with Crippen LogP contribution in [0, 0.1) is 33.6 Å². The fraction of sp³-hybridized carbons (Fsp3) is 0.377. The molecular weight excluding hydrogens is 970 g/mol. The number of rotatable bonds is 14. The molecule has 0 bridgehead atoms. The van der Waals surface area contributed by atoms with Crippen molar-refractivity contribution in [3.8, 4) is 32.4 Å². The summed E-state index contributed by atoms with van der Waals surface area (Å²) in [5.41, 5.74) is 10.2. The molecule has 7 aromatic rings. The number of aliphatic imine (C=N–C) groups is 1. The summed E-state index contributed by atoms with van der Waals surface area (Å²) in [5, 5.41) is 32.3. The number of aliphatic hydroxyl groups is 1. The first-order valence-corrected chi connectivity index (χ1v) is 26.3. The van der Waals surface area contributed by atoms with Crippen LogP contribution in [0.25, 0.3) is 26.6 Å². The molecule has 2 fully saturated rings. The first kappa shape index (κ1) is 49.0. The number of carbonyl (C=O) groups is 3. The lowest BCUT2D eigenvalue weighted by Crippen LogP contribution is -2.49. The molecule has 1 aliphatic carbocycles. The molecule has 1 saturated carbocycles.